The molecule has 0 saturated carbocycles. The second-order valence-electron chi connectivity index (χ2n) is 7.94. The first-order valence-electron chi connectivity index (χ1n) is 10.4. The highest BCUT2D eigenvalue weighted by molar-refractivity contribution is 6.30. The Balaban J connectivity index is 1.81. The number of nitrogens with zero attached hydrogens (tertiary/aromatic N) is 1. The van der Waals surface area contributed by atoms with Crippen LogP contribution in [0.1, 0.15) is 51.9 Å². The van der Waals surface area contributed by atoms with Gasteiger partial charge in [-0.2, -0.15) is 13.2 Å². The summed E-state index contributed by atoms with van der Waals surface area (Å²) in [5.74, 6) is -2.92. The van der Waals surface area contributed by atoms with Gasteiger partial charge in [0.25, 0.3) is 0 Å². The molecule has 0 atom stereocenters. The van der Waals surface area contributed by atoms with Gasteiger partial charge in [-0.15, -0.1) is 0 Å². The summed E-state index contributed by atoms with van der Waals surface area (Å²) in [7, 11) is 0. The number of aromatic nitrogens is 1. The molecule has 1 aliphatic carbocycles. The number of rotatable bonds is 6. The number of aromatic carboxylic acids is 1. The summed E-state index contributed by atoms with van der Waals surface area (Å²) in [5, 5.41) is 9.45. The van der Waals surface area contributed by atoms with Crippen molar-refractivity contribution >= 4 is 28.7 Å². The van der Waals surface area contributed by atoms with Crippen molar-refractivity contribution in [2.75, 3.05) is 0 Å². The number of pyridine rings is 1. The van der Waals surface area contributed by atoms with Crippen LogP contribution in [0, 0.1) is 11.6 Å². The molecule has 1 aliphatic rings. The van der Waals surface area contributed by atoms with Gasteiger partial charge in [0.15, 0.2) is 0 Å². The van der Waals surface area contributed by atoms with E-state index in [9.17, 15) is 31.9 Å². The van der Waals surface area contributed by atoms with Crippen molar-refractivity contribution < 1.29 is 36.6 Å². The quantitative estimate of drug-likeness (QED) is 0.352. The molecule has 0 unspecified atom stereocenters. The van der Waals surface area contributed by atoms with Crippen molar-refractivity contribution in [2.45, 2.75) is 32.0 Å². The first kappa shape index (κ1) is 24.7. The number of allylic oxidation sites excluding steroid dienone is 2. The molecule has 182 valence electrons. The van der Waals surface area contributed by atoms with Crippen LogP contribution in [0.4, 0.5) is 22.0 Å². The van der Waals surface area contributed by atoms with Crippen molar-refractivity contribution in [2.24, 2.45) is 0 Å². The lowest BCUT2D eigenvalue weighted by molar-refractivity contribution is -0.137. The van der Waals surface area contributed by atoms with E-state index in [4.69, 9.17) is 16.3 Å². The minimum absolute atomic E-state index is 0.0304. The van der Waals surface area contributed by atoms with Gasteiger partial charge in [0.2, 0.25) is 5.88 Å². The number of alkyl halides is 3. The van der Waals surface area contributed by atoms with Gasteiger partial charge in [-0.1, -0.05) is 17.7 Å². The van der Waals surface area contributed by atoms with Crippen LogP contribution in [-0.4, -0.2) is 16.1 Å². The molecule has 0 fully saturated rings. The number of carboxylic acid groups (broad SMARTS) is 1. The van der Waals surface area contributed by atoms with Crippen LogP contribution in [-0.2, 0) is 12.8 Å². The number of benzene rings is 2. The molecule has 4 nitrogen and oxygen atoms in total. The number of hydrogen-bond donors (Lipinski definition) is 1. The Labute approximate surface area is 201 Å². The van der Waals surface area contributed by atoms with Gasteiger partial charge in [0, 0.05) is 22.3 Å². The third-order valence-electron chi connectivity index (χ3n) is 5.59. The predicted octanol–water partition coefficient (Wildman–Crippen LogP) is 7.40. The third-order valence-corrected chi connectivity index (χ3v) is 5.83. The Morgan fingerprint density at radius 1 is 1.06 bits per heavy atom. The van der Waals surface area contributed by atoms with E-state index < -0.39 is 29.3 Å². The van der Waals surface area contributed by atoms with Gasteiger partial charge in [-0.25, -0.2) is 18.6 Å². The second kappa shape index (κ2) is 9.65. The topological polar surface area (TPSA) is 59.4 Å². The van der Waals surface area contributed by atoms with Crippen molar-refractivity contribution in [3.05, 3.63) is 93.1 Å². The van der Waals surface area contributed by atoms with E-state index >= 15 is 0 Å². The zero-order chi connectivity index (χ0) is 25.3. The normalized spacial score (nSPS) is 13.9. The first-order chi connectivity index (χ1) is 16.5. The molecule has 2 aromatic carbocycles. The van der Waals surface area contributed by atoms with E-state index in [1.807, 2.05) is 0 Å². The van der Waals surface area contributed by atoms with E-state index in [-0.39, 0.29) is 39.8 Å². The summed E-state index contributed by atoms with van der Waals surface area (Å²) in [6, 6.07) is 8.09. The van der Waals surface area contributed by atoms with Crippen LogP contribution in [0.5, 0.6) is 5.88 Å². The van der Waals surface area contributed by atoms with Crippen LogP contribution < -0.4 is 4.74 Å². The molecule has 1 heterocycles. The average molecular weight is 510 g/mol. The second-order valence-corrected chi connectivity index (χ2v) is 8.38. The summed E-state index contributed by atoms with van der Waals surface area (Å²) < 4.78 is 74.3. The minimum Gasteiger partial charge on any atom is -0.478 e. The zero-order valence-electron chi connectivity index (χ0n) is 17.9. The predicted molar refractivity (Wildman–Crippen MR) is 119 cm³/mol. The zero-order valence-corrected chi connectivity index (χ0v) is 18.7. The molecule has 1 aromatic heterocycles. The smallest absolute Gasteiger partial charge is 0.417 e. The Kier molecular flexibility index (Phi) is 6.80. The van der Waals surface area contributed by atoms with Gasteiger partial charge in [-0.3, -0.25) is 0 Å². The van der Waals surface area contributed by atoms with Crippen LogP contribution in [0.3, 0.4) is 0 Å². The van der Waals surface area contributed by atoms with Gasteiger partial charge in [0.1, 0.15) is 18.2 Å². The highest BCUT2D eigenvalue weighted by atomic mass is 35.5. The fourth-order valence-electron chi connectivity index (χ4n) is 3.97. The molecule has 10 heteroatoms. The minimum atomic E-state index is -4.68. The van der Waals surface area contributed by atoms with Gasteiger partial charge in [0.05, 0.1) is 11.1 Å². The molecule has 0 radical (unpaired) electrons. The largest absolute Gasteiger partial charge is 0.478 e. The SMILES string of the molecule is O=C(O)c1cc(F)cc(C2=C(c3cc(C(F)(F)F)cnc3OCc3ccc(Cl)cc3F)CCC2)c1. The molecule has 35 heavy (non-hydrogen) atoms. The van der Waals surface area contributed by atoms with Crippen molar-refractivity contribution in [1.29, 1.82) is 0 Å². The van der Waals surface area contributed by atoms with Gasteiger partial charge in [-0.05, 0) is 72.4 Å². The lowest BCUT2D eigenvalue weighted by atomic mass is 9.95. The highest BCUT2D eigenvalue weighted by Crippen LogP contribution is 2.44. The molecular formula is C25H17ClF5NO3. The van der Waals surface area contributed by atoms with E-state index in [0.29, 0.717) is 36.6 Å². The Hall–Kier alpha value is -3.46. The first-order valence-corrected chi connectivity index (χ1v) is 10.8. The maximum absolute atomic E-state index is 14.2. The molecule has 0 amide bonds. The maximum atomic E-state index is 14.2. The van der Waals surface area contributed by atoms with Gasteiger partial charge >= 0.3 is 12.1 Å². The van der Waals surface area contributed by atoms with Crippen molar-refractivity contribution in [3.8, 4) is 5.88 Å². The number of carbonyl (C=O) groups is 1. The van der Waals surface area contributed by atoms with Gasteiger partial charge < -0.3 is 9.84 Å². The molecule has 3 aromatic rings. The van der Waals surface area contributed by atoms with E-state index in [2.05, 4.69) is 4.98 Å². The number of carboxylic acids is 1. The van der Waals surface area contributed by atoms with E-state index in [1.54, 1.807) is 0 Å². The fraction of sp³-hybridized carbons (Fsp3) is 0.200. The molecule has 0 aliphatic heterocycles. The summed E-state index contributed by atoms with van der Waals surface area (Å²) >= 11 is 5.75. The molecule has 0 spiro atoms. The number of ether oxygens (including phenoxy) is 1. The number of halogens is 6. The van der Waals surface area contributed by atoms with Crippen LogP contribution in [0.25, 0.3) is 11.1 Å². The third kappa shape index (κ3) is 5.45. The van der Waals surface area contributed by atoms with E-state index in [0.717, 1.165) is 24.3 Å². The Bertz CT molecular complexity index is 1340. The van der Waals surface area contributed by atoms with Crippen molar-refractivity contribution in [3.63, 3.8) is 0 Å². The van der Waals surface area contributed by atoms with Crippen LogP contribution >= 0.6 is 11.6 Å². The maximum Gasteiger partial charge on any atom is 0.417 e. The van der Waals surface area contributed by atoms with Crippen LogP contribution in [0.2, 0.25) is 5.02 Å². The standard InChI is InChI=1S/C25H17ClF5NO3/c26-17-5-4-13(22(28)10-17)12-35-23-21(9-16(11-32-23)25(29,30)31)20-3-1-2-19(20)14-6-15(24(33)34)8-18(27)7-14/h4-11H,1-3,12H2,(H,33,34). The fourth-order valence-corrected chi connectivity index (χ4v) is 4.13. The molecule has 4 rings (SSSR count). The molecular weight excluding hydrogens is 493 g/mol. The summed E-state index contributed by atoms with van der Waals surface area (Å²) in [5.41, 5.74) is 0.0360. The van der Waals surface area contributed by atoms with Crippen molar-refractivity contribution in [1.82, 2.24) is 4.98 Å². The van der Waals surface area contributed by atoms with E-state index in [1.165, 1.54) is 18.2 Å². The molecule has 1 N–H and O–H groups in total. The average Bonchev–Trinajstić information content (AvgIpc) is 3.27. The lowest BCUT2D eigenvalue weighted by Gasteiger charge is -2.16. The monoisotopic (exact) mass is 509 g/mol. The summed E-state index contributed by atoms with van der Waals surface area (Å²) in [4.78, 5) is 15.2. The summed E-state index contributed by atoms with van der Waals surface area (Å²) in [6.07, 6.45) is -2.79. The number of hydrogen-bond acceptors (Lipinski definition) is 3. The Morgan fingerprint density at radius 2 is 1.80 bits per heavy atom. The highest BCUT2D eigenvalue weighted by Gasteiger charge is 2.33. The molecule has 0 bridgehead atoms. The molecule has 0 saturated heterocycles. The Morgan fingerprint density at radius 3 is 2.49 bits per heavy atom. The summed E-state index contributed by atoms with van der Waals surface area (Å²) in [6.45, 7) is -0.319. The lowest BCUT2D eigenvalue weighted by Crippen LogP contribution is -2.09. The van der Waals surface area contributed by atoms with Crippen LogP contribution in [0.15, 0.2) is 48.7 Å².